The van der Waals surface area contributed by atoms with Crippen LogP contribution >= 0.6 is 12.4 Å². The molecule has 1 amide bonds. The summed E-state index contributed by atoms with van der Waals surface area (Å²) >= 11 is 0. The maximum absolute atomic E-state index is 13.1. The maximum Gasteiger partial charge on any atom is 0.228 e. The van der Waals surface area contributed by atoms with Crippen molar-refractivity contribution in [1.29, 1.82) is 0 Å². The maximum atomic E-state index is 13.1. The summed E-state index contributed by atoms with van der Waals surface area (Å²) < 4.78 is 11.2. The second kappa shape index (κ2) is 7.42. The predicted molar refractivity (Wildman–Crippen MR) is 98.5 cm³/mol. The van der Waals surface area contributed by atoms with Crippen LogP contribution in [0, 0.1) is 11.3 Å². The molecule has 0 aromatic heterocycles. The number of ether oxygens (including phenoxy) is 2. The van der Waals surface area contributed by atoms with Crippen molar-refractivity contribution in [3.63, 3.8) is 0 Å². The van der Waals surface area contributed by atoms with Crippen molar-refractivity contribution in [3.8, 4) is 11.5 Å². The standard InChI is InChI=1S/C19H26N2O3.ClH/c1-13(14-5-6-16-17(10-14)24-9-8-23-16)21-18(22)19-7-3-2-4-15(19)11-20-12-19;/h5-6,10,13,15,20H,2-4,7-9,11-12H2,1H3,(H,21,22);1H/t13?,15-,19+;/m0./s1. The van der Waals surface area contributed by atoms with Crippen LogP contribution in [0.15, 0.2) is 18.2 Å². The third-order valence-corrected chi connectivity index (χ3v) is 5.90. The summed E-state index contributed by atoms with van der Waals surface area (Å²) in [5, 5.41) is 6.70. The average molecular weight is 367 g/mol. The van der Waals surface area contributed by atoms with Gasteiger partial charge in [-0.05, 0) is 49.9 Å². The smallest absolute Gasteiger partial charge is 0.228 e. The molecule has 6 heteroatoms. The highest BCUT2D eigenvalue weighted by Gasteiger charge is 2.50. The second-order valence-corrected chi connectivity index (χ2v) is 7.33. The molecular weight excluding hydrogens is 340 g/mol. The average Bonchev–Trinajstić information content (AvgIpc) is 3.06. The van der Waals surface area contributed by atoms with Gasteiger partial charge in [-0.25, -0.2) is 0 Å². The Morgan fingerprint density at radius 1 is 1.28 bits per heavy atom. The zero-order valence-electron chi connectivity index (χ0n) is 14.7. The molecule has 2 aliphatic heterocycles. The fourth-order valence-electron chi connectivity index (χ4n) is 4.44. The predicted octanol–water partition coefficient (Wildman–Crippen LogP) is 2.84. The quantitative estimate of drug-likeness (QED) is 0.863. The Morgan fingerprint density at radius 2 is 2.08 bits per heavy atom. The zero-order chi connectivity index (χ0) is 16.6. The lowest BCUT2D eigenvalue weighted by Gasteiger charge is -2.38. The van der Waals surface area contributed by atoms with E-state index in [1.165, 1.54) is 12.8 Å². The van der Waals surface area contributed by atoms with Crippen molar-refractivity contribution in [3.05, 3.63) is 23.8 Å². The third-order valence-electron chi connectivity index (χ3n) is 5.90. The number of benzene rings is 1. The van der Waals surface area contributed by atoms with E-state index in [9.17, 15) is 4.79 Å². The van der Waals surface area contributed by atoms with Gasteiger partial charge in [0.2, 0.25) is 5.91 Å². The van der Waals surface area contributed by atoms with Crippen molar-refractivity contribution in [1.82, 2.24) is 10.6 Å². The minimum Gasteiger partial charge on any atom is -0.486 e. The van der Waals surface area contributed by atoms with E-state index in [0.29, 0.717) is 19.1 Å². The first kappa shape index (κ1) is 18.3. The molecule has 1 saturated carbocycles. The summed E-state index contributed by atoms with van der Waals surface area (Å²) in [7, 11) is 0. The highest BCUT2D eigenvalue weighted by Crippen LogP contribution is 2.44. The van der Waals surface area contributed by atoms with Crippen molar-refractivity contribution >= 4 is 18.3 Å². The van der Waals surface area contributed by atoms with Crippen LogP contribution < -0.4 is 20.1 Å². The Bertz CT molecular complexity index is 639. The number of fused-ring (bicyclic) bond motifs is 2. The van der Waals surface area contributed by atoms with Gasteiger partial charge in [0, 0.05) is 6.54 Å². The van der Waals surface area contributed by atoms with Crippen molar-refractivity contribution < 1.29 is 14.3 Å². The number of carbonyl (C=O) groups is 1. The summed E-state index contributed by atoms with van der Waals surface area (Å²) in [5.41, 5.74) is 0.850. The third kappa shape index (κ3) is 3.32. The van der Waals surface area contributed by atoms with E-state index in [1.807, 2.05) is 25.1 Å². The lowest BCUT2D eigenvalue weighted by Crippen LogP contribution is -2.48. The van der Waals surface area contributed by atoms with Gasteiger partial charge in [-0.2, -0.15) is 0 Å². The van der Waals surface area contributed by atoms with Gasteiger partial charge in [0.1, 0.15) is 13.2 Å². The van der Waals surface area contributed by atoms with Gasteiger partial charge in [0.05, 0.1) is 11.5 Å². The molecule has 2 heterocycles. The molecule has 1 saturated heterocycles. The van der Waals surface area contributed by atoms with E-state index in [4.69, 9.17) is 9.47 Å². The van der Waals surface area contributed by atoms with Crippen molar-refractivity contribution in [2.24, 2.45) is 11.3 Å². The van der Waals surface area contributed by atoms with Gasteiger partial charge in [-0.3, -0.25) is 4.79 Å². The van der Waals surface area contributed by atoms with E-state index in [1.54, 1.807) is 0 Å². The van der Waals surface area contributed by atoms with Gasteiger partial charge < -0.3 is 20.1 Å². The van der Waals surface area contributed by atoms with Gasteiger partial charge in [-0.1, -0.05) is 18.9 Å². The number of carbonyl (C=O) groups excluding carboxylic acids is 1. The van der Waals surface area contributed by atoms with E-state index < -0.39 is 0 Å². The minimum atomic E-state index is -0.208. The largest absolute Gasteiger partial charge is 0.486 e. The molecular formula is C19H27ClN2O3. The summed E-state index contributed by atoms with van der Waals surface area (Å²) in [6.07, 6.45) is 4.58. The topological polar surface area (TPSA) is 59.6 Å². The first-order valence-corrected chi connectivity index (χ1v) is 9.10. The van der Waals surface area contributed by atoms with Crippen LogP contribution in [0.5, 0.6) is 11.5 Å². The van der Waals surface area contributed by atoms with Crippen LogP contribution in [0.3, 0.4) is 0 Å². The first-order valence-electron chi connectivity index (χ1n) is 9.10. The number of hydrogen-bond acceptors (Lipinski definition) is 4. The Morgan fingerprint density at radius 3 is 2.92 bits per heavy atom. The highest BCUT2D eigenvalue weighted by molar-refractivity contribution is 5.85. The number of hydrogen-bond donors (Lipinski definition) is 2. The van der Waals surface area contributed by atoms with E-state index in [-0.39, 0.29) is 29.8 Å². The first-order chi connectivity index (χ1) is 11.7. The molecule has 4 rings (SSSR count). The molecule has 2 fully saturated rings. The summed E-state index contributed by atoms with van der Waals surface area (Å²) in [6, 6.07) is 5.90. The molecule has 0 bridgehead atoms. The van der Waals surface area contributed by atoms with E-state index in [0.717, 1.165) is 43.0 Å². The number of amides is 1. The molecule has 0 radical (unpaired) electrons. The van der Waals surface area contributed by atoms with E-state index >= 15 is 0 Å². The molecule has 1 aliphatic carbocycles. The fraction of sp³-hybridized carbons (Fsp3) is 0.632. The minimum absolute atomic E-state index is 0. The highest BCUT2D eigenvalue weighted by atomic mass is 35.5. The van der Waals surface area contributed by atoms with Crippen LogP contribution in [0.1, 0.15) is 44.2 Å². The summed E-state index contributed by atoms with van der Waals surface area (Å²) in [4.78, 5) is 13.1. The van der Waals surface area contributed by atoms with Crippen molar-refractivity contribution in [2.45, 2.75) is 38.6 Å². The number of halogens is 1. The van der Waals surface area contributed by atoms with Crippen LogP contribution in [0.25, 0.3) is 0 Å². The Balaban J connectivity index is 0.00000182. The lowest BCUT2D eigenvalue weighted by atomic mass is 9.67. The Labute approximate surface area is 155 Å². The van der Waals surface area contributed by atoms with Gasteiger partial charge in [0.25, 0.3) is 0 Å². The molecule has 25 heavy (non-hydrogen) atoms. The summed E-state index contributed by atoms with van der Waals surface area (Å²) in [6.45, 7) is 5.01. The number of nitrogens with one attached hydrogen (secondary N) is 2. The Kier molecular flexibility index (Phi) is 5.44. The monoisotopic (exact) mass is 366 g/mol. The van der Waals surface area contributed by atoms with Gasteiger partial charge in [0.15, 0.2) is 11.5 Å². The molecule has 3 aliphatic rings. The molecule has 1 aromatic carbocycles. The molecule has 2 N–H and O–H groups in total. The van der Waals surface area contributed by atoms with Gasteiger partial charge in [-0.15, -0.1) is 12.4 Å². The van der Waals surface area contributed by atoms with Crippen LogP contribution in [-0.2, 0) is 4.79 Å². The van der Waals surface area contributed by atoms with E-state index in [2.05, 4.69) is 10.6 Å². The lowest BCUT2D eigenvalue weighted by molar-refractivity contribution is -0.134. The SMILES string of the molecule is CC(NC(=O)[C@@]12CCCC[C@H]1CNC2)c1ccc2c(c1)OCCO2.Cl. The molecule has 1 unspecified atom stereocenters. The van der Waals surface area contributed by atoms with Crippen molar-refractivity contribution in [2.75, 3.05) is 26.3 Å². The molecule has 138 valence electrons. The molecule has 1 aromatic rings. The molecule has 5 nitrogen and oxygen atoms in total. The van der Waals surface area contributed by atoms with Crippen LogP contribution in [-0.4, -0.2) is 32.2 Å². The summed E-state index contributed by atoms with van der Waals surface area (Å²) in [5.74, 6) is 2.25. The Hall–Kier alpha value is -1.46. The molecule has 3 atom stereocenters. The number of rotatable bonds is 3. The van der Waals surface area contributed by atoms with Crippen LogP contribution in [0.2, 0.25) is 0 Å². The van der Waals surface area contributed by atoms with Crippen LogP contribution in [0.4, 0.5) is 0 Å². The second-order valence-electron chi connectivity index (χ2n) is 7.33. The zero-order valence-corrected chi connectivity index (χ0v) is 15.5. The normalized spacial score (nSPS) is 28.4. The molecule has 0 spiro atoms. The van der Waals surface area contributed by atoms with Gasteiger partial charge >= 0.3 is 0 Å². The fourth-order valence-corrected chi connectivity index (χ4v) is 4.44.